The molecular weight excluding hydrogens is 374 g/mol. The maximum atomic E-state index is 12.9. The van der Waals surface area contributed by atoms with Crippen LogP contribution in [0.1, 0.15) is 23.2 Å². The number of furan rings is 1. The fourth-order valence-electron chi connectivity index (χ4n) is 4.14. The molecule has 2 amide bonds. The molecule has 0 spiro atoms. The third-order valence-corrected chi connectivity index (χ3v) is 6.60. The molecule has 28 heavy (non-hydrogen) atoms. The Morgan fingerprint density at radius 1 is 1.14 bits per heavy atom. The van der Waals surface area contributed by atoms with Crippen molar-refractivity contribution in [3.05, 3.63) is 36.1 Å². The molecular formula is C21H27N3O3S. The first kappa shape index (κ1) is 19.3. The third-order valence-electron chi connectivity index (χ3n) is 5.65. The molecule has 2 aliphatic heterocycles. The van der Waals surface area contributed by atoms with Crippen molar-refractivity contribution in [1.82, 2.24) is 15.1 Å². The highest BCUT2D eigenvalue weighted by atomic mass is 32.2. The summed E-state index contributed by atoms with van der Waals surface area (Å²) in [5.41, 5.74) is 1.32. The lowest BCUT2D eigenvalue weighted by Gasteiger charge is -2.30. The second-order valence-electron chi connectivity index (χ2n) is 7.78. The van der Waals surface area contributed by atoms with Crippen LogP contribution in [0.5, 0.6) is 0 Å². The largest absolute Gasteiger partial charge is 0.464 e. The minimum Gasteiger partial charge on any atom is -0.464 e. The van der Waals surface area contributed by atoms with E-state index in [4.69, 9.17) is 4.42 Å². The minimum absolute atomic E-state index is 0.0227. The van der Waals surface area contributed by atoms with Crippen LogP contribution in [-0.4, -0.2) is 72.4 Å². The van der Waals surface area contributed by atoms with Gasteiger partial charge in [0.15, 0.2) is 0 Å². The van der Waals surface area contributed by atoms with Crippen LogP contribution in [0.25, 0.3) is 11.0 Å². The van der Waals surface area contributed by atoms with Crippen molar-refractivity contribution in [1.29, 1.82) is 0 Å². The number of hydrogen-bond acceptors (Lipinski definition) is 5. The number of benzene rings is 1. The fraction of sp³-hybridized carbons (Fsp3) is 0.524. The Labute approximate surface area is 169 Å². The maximum absolute atomic E-state index is 12.9. The smallest absolute Gasteiger partial charge is 0.251 e. The van der Waals surface area contributed by atoms with E-state index in [1.54, 1.807) is 12.3 Å². The van der Waals surface area contributed by atoms with Crippen molar-refractivity contribution >= 4 is 34.5 Å². The summed E-state index contributed by atoms with van der Waals surface area (Å²) in [6, 6.07) is 7.44. The number of hydrogen-bond donors (Lipinski definition) is 1. The summed E-state index contributed by atoms with van der Waals surface area (Å²) in [7, 11) is 2.03. The first-order valence-electron chi connectivity index (χ1n) is 9.93. The van der Waals surface area contributed by atoms with E-state index in [-0.39, 0.29) is 23.8 Å². The lowest BCUT2D eigenvalue weighted by Crippen LogP contribution is -2.44. The number of likely N-dealkylation sites (tertiary alicyclic amines) is 1. The summed E-state index contributed by atoms with van der Waals surface area (Å²) in [5.74, 6) is 2.28. The maximum Gasteiger partial charge on any atom is 0.251 e. The van der Waals surface area contributed by atoms with Gasteiger partial charge in [0.05, 0.1) is 12.2 Å². The molecule has 3 heterocycles. The predicted molar refractivity (Wildman–Crippen MR) is 112 cm³/mol. The van der Waals surface area contributed by atoms with Gasteiger partial charge in [-0.1, -0.05) is 6.07 Å². The second-order valence-corrected chi connectivity index (χ2v) is 9.00. The number of rotatable bonds is 3. The number of likely N-dealkylation sites (N-methyl/N-ethyl adjacent to an activating group) is 1. The molecule has 2 atom stereocenters. The zero-order valence-electron chi connectivity index (χ0n) is 16.2. The zero-order chi connectivity index (χ0) is 19.5. The molecule has 0 radical (unpaired) electrons. The van der Waals surface area contributed by atoms with E-state index in [9.17, 15) is 9.59 Å². The molecule has 150 valence electrons. The van der Waals surface area contributed by atoms with Crippen LogP contribution in [-0.2, 0) is 4.79 Å². The fourth-order valence-corrected chi connectivity index (χ4v) is 5.04. The zero-order valence-corrected chi connectivity index (χ0v) is 17.0. The Bertz CT molecular complexity index is 846. The molecule has 1 aromatic heterocycles. The predicted octanol–water partition coefficient (Wildman–Crippen LogP) is 2.45. The topological polar surface area (TPSA) is 65.8 Å². The van der Waals surface area contributed by atoms with Gasteiger partial charge < -0.3 is 19.5 Å². The summed E-state index contributed by atoms with van der Waals surface area (Å²) >= 11 is 1.92. The lowest BCUT2D eigenvalue weighted by molar-refractivity contribution is -0.135. The molecule has 1 N–H and O–H groups in total. The van der Waals surface area contributed by atoms with Crippen molar-refractivity contribution in [3.63, 3.8) is 0 Å². The van der Waals surface area contributed by atoms with Gasteiger partial charge in [-0.05, 0) is 38.1 Å². The van der Waals surface area contributed by atoms with E-state index < -0.39 is 0 Å². The van der Waals surface area contributed by atoms with Crippen molar-refractivity contribution in [2.75, 3.05) is 44.7 Å². The first-order chi connectivity index (χ1) is 13.6. The van der Waals surface area contributed by atoms with E-state index in [2.05, 4.69) is 10.2 Å². The number of carbonyl (C=O) groups is 2. The van der Waals surface area contributed by atoms with E-state index >= 15 is 0 Å². The molecule has 2 saturated heterocycles. The van der Waals surface area contributed by atoms with Crippen molar-refractivity contribution in [3.8, 4) is 0 Å². The van der Waals surface area contributed by atoms with Crippen LogP contribution < -0.4 is 5.32 Å². The van der Waals surface area contributed by atoms with E-state index in [1.165, 1.54) is 0 Å². The minimum atomic E-state index is -0.0884. The monoisotopic (exact) mass is 401 g/mol. The van der Waals surface area contributed by atoms with Crippen LogP contribution in [0, 0.1) is 5.92 Å². The molecule has 7 heteroatoms. The van der Waals surface area contributed by atoms with E-state index in [0.717, 1.165) is 61.5 Å². The van der Waals surface area contributed by atoms with Crippen LogP contribution >= 0.6 is 11.8 Å². The number of nitrogens with one attached hydrogen (secondary N) is 1. The molecule has 2 aromatic rings. The van der Waals surface area contributed by atoms with Crippen LogP contribution in [0.4, 0.5) is 0 Å². The quantitative estimate of drug-likeness (QED) is 0.856. The van der Waals surface area contributed by atoms with E-state index in [1.807, 2.05) is 41.9 Å². The molecule has 4 rings (SSSR count). The average Bonchev–Trinajstić information content (AvgIpc) is 3.10. The van der Waals surface area contributed by atoms with E-state index in [0.29, 0.717) is 5.56 Å². The molecule has 2 aliphatic rings. The van der Waals surface area contributed by atoms with Crippen molar-refractivity contribution < 1.29 is 14.0 Å². The Kier molecular flexibility index (Phi) is 5.92. The molecule has 0 bridgehead atoms. The Balaban J connectivity index is 1.37. The van der Waals surface area contributed by atoms with Gasteiger partial charge >= 0.3 is 0 Å². The lowest BCUT2D eigenvalue weighted by atomic mass is 10.00. The van der Waals surface area contributed by atoms with Gasteiger partial charge in [0.25, 0.3) is 5.91 Å². The van der Waals surface area contributed by atoms with Gasteiger partial charge in [0.1, 0.15) is 5.58 Å². The number of nitrogens with zero attached hydrogens (tertiary/aromatic N) is 2. The van der Waals surface area contributed by atoms with Crippen LogP contribution in [0.3, 0.4) is 0 Å². The average molecular weight is 402 g/mol. The standard InChI is InChI=1S/C21H27N3O3S/c1-23-13-17(21(26)24-7-10-28-11-8-24)4-5-18(14-23)22-20(25)16-3-2-15-6-9-27-19(15)12-16/h2-3,6,9,12,17-18H,4-5,7-8,10-11,13-14H2,1H3,(H,22,25)/t17-,18+/m1/s1. The van der Waals surface area contributed by atoms with Gasteiger partial charge in [-0.2, -0.15) is 11.8 Å². The SMILES string of the molecule is CN1C[C@@H](NC(=O)c2ccc3ccoc3c2)CC[C@@H](C(=O)N2CCSCC2)C1. The van der Waals surface area contributed by atoms with Gasteiger partial charge in [0.2, 0.25) is 5.91 Å². The Morgan fingerprint density at radius 2 is 1.96 bits per heavy atom. The number of amides is 2. The summed E-state index contributed by atoms with van der Waals surface area (Å²) in [5, 5.41) is 4.14. The molecule has 0 saturated carbocycles. The molecule has 6 nitrogen and oxygen atoms in total. The summed E-state index contributed by atoms with van der Waals surface area (Å²) in [4.78, 5) is 29.8. The van der Waals surface area contributed by atoms with Gasteiger partial charge in [-0.15, -0.1) is 0 Å². The molecule has 1 aromatic carbocycles. The summed E-state index contributed by atoms with van der Waals surface area (Å²) in [6.45, 7) is 3.24. The highest BCUT2D eigenvalue weighted by molar-refractivity contribution is 7.99. The summed E-state index contributed by atoms with van der Waals surface area (Å²) in [6.07, 6.45) is 3.26. The number of thioether (sulfide) groups is 1. The van der Waals surface area contributed by atoms with Gasteiger partial charge in [-0.25, -0.2) is 0 Å². The molecule has 0 unspecified atom stereocenters. The molecule has 0 aliphatic carbocycles. The van der Waals surface area contributed by atoms with Gasteiger partial charge in [-0.3, -0.25) is 9.59 Å². The highest BCUT2D eigenvalue weighted by Crippen LogP contribution is 2.21. The normalized spacial score (nSPS) is 24.1. The highest BCUT2D eigenvalue weighted by Gasteiger charge is 2.31. The van der Waals surface area contributed by atoms with Crippen molar-refractivity contribution in [2.45, 2.75) is 18.9 Å². The number of fused-ring (bicyclic) bond motifs is 1. The van der Waals surface area contributed by atoms with Crippen molar-refractivity contribution in [2.24, 2.45) is 5.92 Å². The summed E-state index contributed by atoms with van der Waals surface area (Å²) < 4.78 is 5.40. The first-order valence-corrected chi connectivity index (χ1v) is 11.1. The van der Waals surface area contributed by atoms with Gasteiger partial charge in [0, 0.05) is 54.7 Å². The van der Waals surface area contributed by atoms with Crippen LogP contribution in [0.2, 0.25) is 0 Å². The molecule has 2 fully saturated rings. The Hall–Kier alpha value is -1.99. The van der Waals surface area contributed by atoms with Crippen LogP contribution in [0.15, 0.2) is 34.9 Å². The second kappa shape index (κ2) is 8.57. The Morgan fingerprint density at radius 3 is 2.79 bits per heavy atom. The number of carbonyl (C=O) groups excluding carboxylic acids is 2. The third kappa shape index (κ3) is 4.36.